The molecule has 1 aliphatic heterocycles. The van der Waals surface area contributed by atoms with E-state index in [1.54, 1.807) is 0 Å². The molecule has 2 rings (SSSR count). The van der Waals surface area contributed by atoms with Gasteiger partial charge in [-0.3, -0.25) is 4.98 Å². The fraction of sp³-hybridized carbons (Fsp3) is 0.615. The SMILES string of the molecule is Cc1nccc(NCC2CCCCN2)c1C. The molecule has 1 aromatic heterocycles. The summed E-state index contributed by atoms with van der Waals surface area (Å²) in [6.45, 7) is 6.36. The van der Waals surface area contributed by atoms with Crippen LogP contribution in [0.3, 0.4) is 0 Å². The van der Waals surface area contributed by atoms with Crippen LogP contribution in [0.1, 0.15) is 30.5 Å². The maximum atomic E-state index is 4.28. The quantitative estimate of drug-likeness (QED) is 0.818. The van der Waals surface area contributed by atoms with Crippen LogP contribution in [0.15, 0.2) is 12.3 Å². The summed E-state index contributed by atoms with van der Waals surface area (Å²) >= 11 is 0. The Morgan fingerprint density at radius 1 is 1.44 bits per heavy atom. The molecule has 0 radical (unpaired) electrons. The van der Waals surface area contributed by atoms with Gasteiger partial charge in [-0.15, -0.1) is 0 Å². The molecule has 3 nitrogen and oxygen atoms in total. The lowest BCUT2D eigenvalue weighted by atomic mass is 10.0. The molecule has 0 saturated carbocycles. The van der Waals surface area contributed by atoms with Gasteiger partial charge in [0.1, 0.15) is 0 Å². The molecular weight excluding hydrogens is 198 g/mol. The first kappa shape index (κ1) is 11.4. The van der Waals surface area contributed by atoms with Crippen LogP contribution in [0.25, 0.3) is 0 Å². The Kier molecular flexibility index (Phi) is 3.78. The average Bonchev–Trinajstić information content (AvgIpc) is 2.32. The molecule has 0 aromatic carbocycles. The van der Waals surface area contributed by atoms with Gasteiger partial charge in [-0.05, 0) is 44.9 Å². The molecule has 2 heterocycles. The van der Waals surface area contributed by atoms with Crippen molar-refractivity contribution in [2.24, 2.45) is 0 Å². The Morgan fingerprint density at radius 3 is 3.06 bits per heavy atom. The van der Waals surface area contributed by atoms with Crippen molar-refractivity contribution in [2.45, 2.75) is 39.2 Å². The molecule has 16 heavy (non-hydrogen) atoms. The number of hydrogen-bond donors (Lipinski definition) is 2. The molecule has 1 aliphatic rings. The van der Waals surface area contributed by atoms with Crippen LogP contribution < -0.4 is 10.6 Å². The summed E-state index contributed by atoms with van der Waals surface area (Å²) in [5, 5.41) is 7.07. The van der Waals surface area contributed by atoms with Crippen LogP contribution in [0.4, 0.5) is 5.69 Å². The molecule has 2 N–H and O–H groups in total. The van der Waals surface area contributed by atoms with Gasteiger partial charge in [-0.2, -0.15) is 0 Å². The molecule has 1 fully saturated rings. The van der Waals surface area contributed by atoms with Crippen LogP contribution in [-0.4, -0.2) is 24.1 Å². The van der Waals surface area contributed by atoms with Crippen molar-refractivity contribution in [1.82, 2.24) is 10.3 Å². The lowest BCUT2D eigenvalue weighted by Gasteiger charge is -2.24. The summed E-state index contributed by atoms with van der Waals surface area (Å²) in [5.41, 5.74) is 3.60. The Bertz CT molecular complexity index is 343. The lowest BCUT2D eigenvalue weighted by Crippen LogP contribution is -2.39. The monoisotopic (exact) mass is 219 g/mol. The maximum absolute atomic E-state index is 4.28. The van der Waals surface area contributed by atoms with Crippen LogP contribution in [-0.2, 0) is 0 Å². The number of piperidine rings is 1. The summed E-state index contributed by atoms with van der Waals surface area (Å²) in [6, 6.07) is 2.69. The topological polar surface area (TPSA) is 37.0 Å². The van der Waals surface area contributed by atoms with Gasteiger partial charge in [0.15, 0.2) is 0 Å². The molecule has 88 valence electrons. The minimum Gasteiger partial charge on any atom is -0.383 e. The first-order valence-electron chi connectivity index (χ1n) is 6.17. The summed E-state index contributed by atoms with van der Waals surface area (Å²) in [6.07, 6.45) is 5.84. The molecule has 1 saturated heterocycles. The average molecular weight is 219 g/mol. The number of hydrogen-bond acceptors (Lipinski definition) is 3. The van der Waals surface area contributed by atoms with Gasteiger partial charge in [0, 0.05) is 30.2 Å². The minimum atomic E-state index is 0.627. The van der Waals surface area contributed by atoms with Gasteiger partial charge >= 0.3 is 0 Å². The number of aryl methyl sites for hydroxylation is 1. The van der Waals surface area contributed by atoms with E-state index in [4.69, 9.17) is 0 Å². The fourth-order valence-corrected chi connectivity index (χ4v) is 2.16. The maximum Gasteiger partial charge on any atom is 0.0422 e. The van der Waals surface area contributed by atoms with Crippen molar-refractivity contribution < 1.29 is 0 Å². The number of nitrogens with one attached hydrogen (secondary N) is 2. The van der Waals surface area contributed by atoms with Crippen molar-refractivity contribution in [3.05, 3.63) is 23.5 Å². The first-order chi connectivity index (χ1) is 7.77. The third kappa shape index (κ3) is 2.73. The van der Waals surface area contributed by atoms with Gasteiger partial charge in [0.05, 0.1) is 0 Å². The Hall–Kier alpha value is -1.09. The molecule has 1 atom stereocenters. The van der Waals surface area contributed by atoms with Crippen LogP contribution in [0.2, 0.25) is 0 Å². The highest BCUT2D eigenvalue weighted by Crippen LogP contribution is 2.16. The van der Waals surface area contributed by atoms with Crippen molar-refractivity contribution in [1.29, 1.82) is 0 Å². The largest absolute Gasteiger partial charge is 0.383 e. The van der Waals surface area contributed by atoms with Gasteiger partial charge in [0.25, 0.3) is 0 Å². The third-order valence-electron chi connectivity index (χ3n) is 3.41. The van der Waals surface area contributed by atoms with E-state index in [0.717, 1.165) is 12.2 Å². The van der Waals surface area contributed by atoms with Crippen molar-refractivity contribution in [3.8, 4) is 0 Å². The summed E-state index contributed by atoms with van der Waals surface area (Å²) in [4.78, 5) is 4.28. The molecule has 1 unspecified atom stereocenters. The van der Waals surface area contributed by atoms with E-state index < -0.39 is 0 Å². The zero-order valence-corrected chi connectivity index (χ0v) is 10.2. The Morgan fingerprint density at radius 2 is 2.31 bits per heavy atom. The number of nitrogens with zero attached hydrogens (tertiary/aromatic N) is 1. The van der Waals surface area contributed by atoms with Crippen LogP contribution in [0.5, 0.6) is 0 Å². The predicted octanol–water partition coefficient (Wildman–Crippen LogP) is 2.25. The highest BCUT2D eigenvalue weighted by Gasteiger charge is 2.12. The van der Waals surface area contributed by atoms with E-state index in [0.29, 0.717) is 6.04 Å². The minimum absolute atomic E-state index is 0.627. The number of aromatic nitrogens is 1. The highest BCUT2D eigenvalue weighted by molar-refractivity contribution is 5.51. The number of anilines is 1. The molecule has 0 bridgehead atoms. The lowest BCUT2D eigenvalue weighted by molar-refractivity contribution is 0.414. The Balaban J connectivity index is 1.91. The second-order valence-electron chi connectivity index (χ2n) is 4.60. The number of pyridine rings is 1. The first-order valence-corrected chi connectivity index (χ1v) is 6.17. The molecule has 0 aliphatic carbocycles. The molecular formula is C13H21N3. The van der Waals surface area contributed by atoms with E-state index in [1.807, 2.05) is 6.20 Å². The van der Waals surface area contributed by atoms with Gasteiger partial charge in [-0.25, -0.2) is 0 Å². The van der Waals surface area contributed by atoms with Gasteiger partial charge in [0.2, 0.25) is 0 Å². The standard InChI is InChI=1S/C13H21N3/c1-10-11(2)14-8-6-13(10)16-9-12-5-3-4-7-15-12/h6,8,12,15H,3-5,7,9H2,1-2H3,(H,14,16). The zero-order valence-electron chi connectivity index (χ0n) is 10.2. The van der Waals surface area contributed by atoms with E-state index in [-0.39, 0.29) is 0 Å². The van der Waals surface area contributed by atoms with Gasteiger partial charge in [-0.1, -0.05) is 6.42 Å². The van der Waals surface area contributed by atoms with E-state index >= 15 is 0 Å². The summed E-state index contributed by atoms with van der Waals surface area (Å²) in [5.74, 6) is 0. The zero-order chi connectivity index (χ0) is 11.4. The second-order valence-corrected chi connectivity index (χ2v) is 4.60. The molecule has 1 aromatic rings. The second kappa shape index (κ2) is 5.30. The Labute approximate surface area is 97.7 Å². The van der Waals surface area contributed by atoms with Gasteiger partial charge < -0.3 is 10.6 Å². The fourth-order valence-electron chi connectivity index (χ4n) is 2.16. The molecule has 3 heteroatoms. The van der Waals surface area contributed by atoms with Crippen molar-refractivity contribution in [2.75, 3.05) is 18.4 Å². The van der Waals surface area contributed by atoms with Crippen LogP contribution >= 0.6 is 0 Å². The van der Waals surface area contributed by atoms with Crippen LogP contribution in [0, 0.1) is 13.8 Å². The summed E-state index contributed by atoms with van der Waals surface area (Å²) in [7, 11) is 0. The summed E-state index contributed by atoms with van der Waals surface area (Å²) < 4.78 is 0. The van der Waals surface area contributed by atoms with E-state index in [1.165, 1.54) is 37.1 Å². The normalized spacial score (nSPS) is 20.8. The van der Waals surface area contributed by atoms with Crippen molar-refractivity contribution >= 4 is 5.69 Å². The highest BCUT2D eigenvalue weighted by atomic mass is 15.0. The van der Waals surface area contributed by atoms with E-state index in [2.05, 4.69) is 35.5 Å². The predicted molar refractivity (Wildman–Crippen MR) is 67.8 cm³/mol. The third-order valence-corrected chi connectivity index (χ3v) is 3.41. The number of rotatable bonds is 3. The molecule has 0 spiro atoms. The molecule has 0 amide bonds. The van der Waals surface area contributed by atoms with Crippen molar-refractivity contribution in [3.63, 3.8) is 0 Å². The smallest absolute Gasteiger partial charge is 0.0422 e. The van der Waals surface area contributed by atoms with E-state index in [9.17, 15) is 0 Å².